The molecule has 2 fully saturated rings. The number of H-pyrrole nitrogens is 1. The molecule has 3 rings (SSSR count). The van der Waals surface area contributed by atoms with Crippen molar-refractivity contribution >= 4 is 10.0 Å². The van der Waals surface area contributed by atoms with Gasteiger partial charge in [-0.25, -0.2) is 8.42 Å². The number of likely N-dealkylation sites (tertiary alicyclic amines) is 1. The lowest BCUT2D eigenvalue weighted by molar-refractivity contribution is 0.0671. The lowest BCUT2D eigenvalue weighted by atomic mass is 9.85. The number of aromatic nitrogens is 1. The van der Waals surface area contributed by atoms with E-state index < -0.39 is 15.5 Å². The maximum absolute atomic E-state index is 12.7. The predicted octanol–water partition coefficient (Wildman–Crippen LogP) is 0.480. The summed E-state index contributed by atoms with van der Waals surface area (Å²) in [5, 5.41) is 0. The Morgan fingerprint density at radius 3 is 2.86 bits per heavy atom. The molecule has 2 atom stereocenters. The molecule has 0 spiro atoms. The Morgan fingerprint density at radius 1 is 1.29 bits per heavy atom. The molecule has 0 bridgehead atoms. The Labute approximate surface area is 124 Å². The molecule has 21 heavy (non-hydrogen) atoms. The Morgan fingerprint density at radius 2 is 2.10 bits per heavy atom. The van der Waals surface area contributed by atoms with Gasteiger partial charge < -0.3 is 9.88 Å². The predicted molar refractivity (Wildman–Crippen MR) is 79.6 cm³/mol. The molecule has 0 radical (unpaired) electrons. The van der Waals surface area contributed by atoms with Crippen LogP contribution in [0, 0.1) is 5.92 Å². The lowest BCUT2D eigenvalue weighted by Crippen LogP contribution is -2.54. The van der Waals surface area contributed by atoms with Crippen molar-refractivity contribution in [3.63, 3.8) is 0 Å². The van der Waals surface area contributed by atoms with Crippen LogP contribution >= 0.6 is 0 Å². The van der Waals surface area contributed by atoms with Crippen molar-refractivity contribution < 1.29 is 8.42 Å². The van der Waals surface area contributed by atoms with E-state index >= 15 is 0 Å². The molecule has 1 aromatic heterocycles. The van der Waals surface area contributed by atoms with E-state index in [1.807, 2.05) is 0 Å². The molecule has 0 aromatic carbocycles. The average Bonchev–Trinajstić information content (AvgIpc) is 2.47. The number of nitrogens with zero attached hydrogens (tertiary/aromatic N) is 2. The van der Waals surface area contributed by atoms with Crippen molar-refractivity contribution in [2.24, 2.45) is 5.92 Å². The minimum Gasteiger partial charge on any atom is -0.366 e. The first-order chi connectivity index (χ1) is 10.00. The number of rotatable bonds is 2. The second kappa shape index (κ2) is 5.55. The van der Waals surface area contributed by atoms with E-state index in [1.54, 1.807) is 0 Å². The van der Waals surface area contributed by atoms with E-state index in [0.717, 1.165) is 25.8 Å². The van der Waals surface area contributed by atoms with Gasteiger partial charge in [0.15, 0.2) is 0 Å². The van der Waals surface area contributed by atoms with Crippen molar-refractivity contribution in [3.05, 3.63) is 28.7 Å². The van der Waals surface area contributed by atoms with Gasteiger partial charge in [0.2, 0.25) is 15.5 Å². The molecule has 3 heterocycles. The van der Waals surface area contributed by atoms with Crippen molar-refractivity contribution in [2.45, 2.75) is 30.2 Å². The summed E-state index contributed by atoms with van der Waals surface area (Å²) >= 11 is 0. The van der Waals surface area contributed by atoms with E-state index in [9.17, 15) is 13.2 Å². The molecule has 2 aliphatic rings. The molecular weight excluding hydrogens is 290 g/mol. The summed E-state index contributed by atoms with van der Waals surface area (Å²) in [6.45, 7) is 2.10. The van der Waals surface area contributed by atoms with Crippen LogP contribution in [-0.2, 0) is 10.0 Å². The third kappa shape index (κ3) is 2.65. The third-order valence-corrected chi connectivity index (χ3v) is 6.60. The second-order valence-corrected chi connectivity index (χ2v) is 7.88. The maximum Gasteiger partial charge on any atom is 0.248 e. The van der Waals surface area contributed by atoms with Gasteiger partial charge in [0.25, 0.3) is 0 Å². The van der Waals surface area contributed by atoms with Gasteiger partial charge in [-0.1, -0.05) is 0 Å². The summed E-state index contributed by atoms with van der Waals surface area (Å²) in [7, 11) is -1.58. The summed E-state index contributed by atoms with van der Waals surface area (Å²) in [6.07, 6.45) is 5.75. The Bertz CT molecular complexity index is 670. The summed E-state index contributed by atoms with van der Waals surface area (Å²) in [4.78, 5) is 16.7. The van der Waals surface area contributed by atoms with Crippen molar-refractivity contribution in [2.75, 3.05) is 26.7 Å². The van der Waals surface area contributed by atoms with Crippen molar-refractivity contribution in [1.29, 1.82) is 0 Å². The first-order valence-electron chi connectivity index (χ1n) is 7.37. The Balaban J connectivity index is 1.85. The Hall–Kier alpha value is -1.18. The fourth-order valence-electron chi connectivity index (χ4n) is 3.58. The standard InChI is InChI=1S/C14H21N3O3S/c1-16-7-2-3-11-10-17(8-5-12(11)16)21(19,20)14-9-15-6-4-13(14)18/h4,6,9,11-12H,2-3,5,7-8,10H2,1H3,(H,15,18). The van der Waals surface area contributed by atoms with Crippen LogP contribution in [-0.4, -0.2) is 55.3 Å². The molecule has 2 aliphatic heterocycles. The number of sulfonamides is 1. The number of aromatic amines is 1. The van der Waals surface area contributed by atoms with Gasteiger partial charge >= 0.3 is 0 Å². The number of hydrogen-bond donors (Lipinski definition) is 1. The van der Waals surface area contributed by atoms with E-state index in [4.69, 9.17) is 0 Å². The molecule has 7 heteroatoms. The molecule has 6 nitrogen and oxygen atoms in total. The van der Waals surface area contributed by atoms with E-state index in [0.29, 0.717) is 25.0 Å². The van der Waals surface area contributed by atoms with Crippen LogP contribution in [0.25, 0.3) is 0 Å². The summed E-state index contributed by atoms with van der Waals surface area (Å²) < 4.78 is 26.8. The lowest BCUT2D eigenvalue weighted by Gasteiger charge is -2.45. The number of fused-ring (bicyclic) bond motifs is 1. The summed E-state index contributed by atoms with van der Waals surface area (Å²) in [6, 6.07) is 1.73. The second-order valence-electron chi connectivity index (χ2n) is 5.97. The maximum atomic E-state index is 12.7. The number of hydrogen-bond acceptors (Lipinski definition) is 4. The minimum absolute atomic E-state index is 0.146. The van der Waals surface area contributed by atoms with Crippen molar-refractivity contribution in [3.8, 4) is 0 Å². The van der Waals surface area contributed by atoms with Gasteiger partial charge in [-0.3, -0.25) is 4.79 Å². The molecule has 2 saturated heterocycles. The van der Waals surface area contributed by atoms with Gasteiger partial charge in [-0.15, -0.1) is 0 Å². The monoisotopic (exact) mass is 311 g/mol. The summed E-state index contributed by atoms with van der Waals surface area (Å²) in [5.74, 6) is 0.370. The van der Waals surface area contributed by atoms with Crippen LogP contribution < -0.4 is 5.43 Å². The van der Waals surface area contributed by atoms with Crippen LogP contribution in [0.4, 0.5) is 0 Å². The van der Waals surface area contributed by atoms with E-state index in [1.165, 1.54) is 22.8 Å². The average molecular weight is 311 g/mol. The van der Waals surface area contributed by atoms with Gasteiger partial charge in [0, 0.05) is 37.6 Å². The SMILES string of the molecule is CN1CCCC2CN(S(=O)(=O)c3c[nH]ccc3=O)CCC21. The zero-order valence-electron chi connectivity index (χ0n) is 12.2. The minimum atomic E-state index is -3.69. The number of nitrogens with one attached hydrogen (secondary N) is 1. The first-order valence-corrected chi connectivity index (χ1v) is 8.81. The van der Waals surface area contributed by atoms with Crippen LogP contribution in [0.2, 0.25) is 0 Å². The molecule has 116 valence electrons. The van der Waals surface area contributed by atoms with Crippen molar-refractivity contribution in [1.82, 2.24) is 14.2 Å². The molecular formula is C14H21N3O3S. The fourth-order valence-corrected chi connectivity index (χ4v) is 5.13. The molecule has 2 unspecified atom stereocenters. The molecule has 0 aliphatic carbocycles. The highest BCUT2D eigenvalue weighted by molar-refractivity contribution is 7.89. The van der Waals surface area contributed by atoms with Gasteiger partial charge in [-0.2, -0.15) is 4.31 Å². The van der Waals surface area contributed by atoms with Crippen LogP contribution in [0.5, 0.6) is 0 Å². The topological polar surface area (TPSA) is 73.5 Å². The van der Waals surface area contributed by atoms with Crippen LogP contribution in [0.15, 0.2) is 28.2 Å². The number of piperidine rings is 2. The highest BCUT2D eigenvalue weighted by Crippen LogP contribution is 2.31. The highest BCUT2D eigenvalue weighted by Gasteiger charge is 2.39. The van der Waals surface area contributed by atoms with Crippen LogP contribution in [0.1, 0.15) is 19.3 Å². The number of pyridine rings is 1. The molecule has 0 amide bonds. The normalized spacial score (nSPS) is 28.2. The zero-order chi connectivity index (χ0) is 15.0. The largest absolute Gasteiger partial charge is 0.366 e. The van der Waals surface area contributed by atoms with Gasteiger partial charge in [0.05, 0.1) is 0 Å². The molecule has 1 N–H and O–H groups in total. The zero-order valence-corrected chi connectivity index (χ0v) is 13.0. The smallest absolute Gasteiger partial charge is 0.248 e. The van der Waals surface area contributed by atoms with E-state index in [-0.39, 0.29) is 4.90 Å². The van der Waals surface area contributed by atoms with E-state index in [2.05, 4.69) is 16.9 Å². The van der Waals surface area contributed by atoms with Gasteiger partial charge in [0.1, 0.15) is 4.90 Å². The molecule has 1 aromatic rings. The van der Waals surface area contributed by atoms with Crippen LogP contribution in [0.3, 0.4) is 0 Å². The first kappa shape index (κ1) is 14.7. The van der Waals surface area contributed by atoms with Gasteiger partial charge in [-0.05, 0) is 38.8 Å². The molecule has 0 saturated carbocycles. The highest BCUT2D eigenvalue weighted by atomic mass is 32.2. The third-order valence-electron chi connectivity index (χ3n) is 4.71. The Kier molecular flexibility index (Phi) is 3.90. The quantitative estimate of drug-likeness (QED) is 0.862. The summed E-state index contributed by atoms with van der Waals surface area (Å²) in [5.41, 5.74) is -0.448. The fraction of sp³-hybridized carbons (Fsp3) is 0.643.